The molecule has 0 bridgehead atoms. The maximum Gasteiger partial charge on any atom is 0.261 e. The van der Waals surface area contributed by atoms with Crippen LogP contribution >= 0.6 is 0 Å². The second kappa shape index (κ2) is 9.18. The predicted octanol–water partition coefficient (Wildman–Crippen LogP) is 1.98. The Morgan fingerprint density at radius 3 is 2.68 bits per heavy atom. The average Bonchev–Trinajstić information content (AvgIpc) is 3.36. The highest BCUT2D eigenvalue weighted by Crippen LogP contribution is 2.27. The first-order valence-corrected chi connectivity index (χ1v) is 11.2. The van der Waals surface area contributed by atoms with Gasteiger partial charge in [0.2, 0.25) is 5.91 Å². The number of carbonyl (C=O) groups excluding carboxylic acids is 4. The summed E-state index contributed by atoms with van der Waals surface area (Å²) in [6.07, 6.45) is 4.57. The molecule has 1 N–H and O–H groups in total. The fraction of sp³-hybridized carbons (Fsp3) is 0.565. The fourth-order valence-corrected chi connectivity index (χ4v) is 4.57. The zero-order valence-electron chi connectivity index (χ0n) is 17.9. The smallest absolute Gasteiger partial charge is 0.261 e. The van der Waals surface area contributed by atoms with Gasteiger partial charge in [0, 0.05) is 37.7 Å². The highest BCUT2D eigenvalue weighted by molar-refractivity contribution is 6.22. The average molecular weight is 428 g/mol. The molecule has 1 aromatic carbocycles. The lowest BCUT2D eigenvalue weighted by Crippen LogP contribution is -2.49. The van der Waals surface area contributed by atoms with Crippen LogP contribution < -0.4 is 5.32 Å². The summed E-state index contributed by atoms with van der Waals surface area (Å²) in [6, 6.07) is 4.66. The van der Waals surface area contributed by atoms with E-state index in [2.05, 4.69) is 5.32 Å². The first-order chi connectivity index (χ1) is 15.0. The first kappa shape index (κ1) is 21.5. The minimum Gasteiger partial charge on any atom is -0.376 e. The number of rotatable bonds is 6. The van der Waals surface area contributed by atoms with Crippen molar-refractivity contribution in [2.45, 2.75) is 57.6 Å². The molecule has 3 heterocycles. The standard InChI is InChI=1S/C23H29N3O5/c1-2-5-20(27)24-16-6-3-10-25(13-16)21(28)15-8-9-18-19(12-15)23(30)26(22(18)29)14-17-7-4-11-31-17/h8-9,12,16-17H,2-7,10-11,13-14H2,1H3,(H,24,27). The van der Waals surface area contributed by atoms with E-state index < -0.39 is 0 Å². The van der Waals surface area contributed by atoms with Gasteiger partial charge in [0.25, 0.3) is 17.7 Å². The normalized spacial score (nSPS) is 23.3. The Kier molecular flexibility index (Phi) is 6.36. The summed E-state index contributed by atoms with van der Waals surface area (Å²) >= 11 is 0. The van der Waals surface area contributed by atoms with Crippen molar-refractivity contribution in [1.29, 1.82) is 0 Å². The van der Waals surface area contributed by atoms with Crippen molar-refractivity contribution in [3.63, 3.8) is 0 Å². The minimum absolute atomic E-state index is 0.00905. The Labute approximate surface area is 181 Å². The Balaban J connectivity index is 1.45. The van der Waals surface area contributed by atoms with Gasteiger partial charge in [0.05, 0.1) is 23.8 Å². The predicted molar refractivity (Wildman–Crippen MR) is 113 cm³/mol. The van der Waals surface area contributed by atoms with E-state index in [1.807, 2.05) is 6.92 Å². The summed E-state index contributed by atoms with van der Waals surface area (Å²) in [5.74, 6) is -0.871. The Morgan fingerprint density at radius 1 is 1.13 bits per heavy atom. The van der Waals surface area contributed by atoms with Crippen molar-refractivity contribution in [3.8, 4) is 0 Å². The largest absolute Gasteiger partial charge is 0.376 e. The molecular formula is C23H29N3O5. The number of piperidine rings is 1. The number of nitrogens with one attached hydrogen (secondary N) is 1. The van der Waals surface area contributed by atoms with Crippen molar-refractivity contribution >= 4 is 23.6 Å². The van der Waals surface area contributed by atoms with Crippen LogP contribution in [-0.2, 0) is 9.53 Å². The van der Waals surface area contributed by atoms with E-state index in [-0.39, 0.29) is 47.9 Å². The summed E-state index contributed by atoms with van der Waals surface area (Å²) in [5.41, 5.74) is 1.00. The highest BCUT2D eigenvalue weighted by Gasteiger charge is 2.38. The van der Waals surface area contributed by atoms with Crippen LogP contribution in [0.25, 0.3) is 0 Å². The number of hydrogen-bond acceptors (Lipinski definition) is 5. The number of nitrogens with zero attached hydrogens (tertiary/aromatic N) is 2. The zero-order chi connectivity index (χ0) is 22.0. The molecule has 0 saturated carbocycles. The molecule has 3 aliphatic rings. The van der Waals surface area contributed by atoms with Crippen molar-refractivity contribution in [2.75, 3.05) is 26.2 Å². The van der Waals surface area contributed by atoms with Gasteiger partial charge in [-0.15, -0.1) is 0 Å². The van der Waals surface area contributed by atoms with Gasteiger partial charge in [-0.3, -0.25) is 24.1 Å². The molecule has 4 amide bonds. The maximum absolute atomic E-state index is 13.1. The summed E-state index contributed by atoms with van der Waals surface area (Å²) in [6.45, 7) is 3.92. The number of hydrogen-bond donors (Lipinski definition) is 1. The lowest BCUT2D eigenvalue weighted by atomic mass is 10.0. The SMILES string of the molecule is CCCC(=O)NC1CCCN(C(=O)c2ccc3c(c2)C(=O)N(CC2CCCO2)C3=O)C1. The van der Waals surface area contributed by atoms with Gasteiger partial charge in [0.15, 0.2) is 0 Å². The van der Waals surface area contributed by atoms with E-state index >= 15 is 0 Å². The van der Waals surface area contributed by atoms with Crippen LogP contribution in [0.3, 0.4) is 0 Å². The Morgan fingerprint density at radius 2 is 1.94 bits per heavy atom. The molecule has 8 nitrogen and oxygen atoms in total. The van der Waals surface area contributed by atoms with Crippen LogP contribution in [0.1, 0.15) is 76.5 Å². The van der Waals surface area contributed by atoms with E-state index in [0.29, 0.717) is 37.2 Å². The third-order valence-electron chi connectivity index (χ3n) is 6.18. The van der Waals surface area contributed by atoms with Crippen molar-refractivity contribution in [3.05, 3.63) is 34.9 Å². The van der Waals surface area contributed by atoms with Crippen LogP contribution in [0, 0.1) is 0 Å². The number of likely N-dealkylation sites (tertiary alicyclic amines) is 1. The molecule has 2 unspecified atom stereocenters. The maximum atomic E-state index is 13.1. The molecule has 0 spiro atoms. The summed E-state index contributed by atoms with van der Waals surface area (Å²) < 4.78 is 5.57. The van der Waals surface area contributed by atoms with Crippen LogP contribution in [0.5, 0.6) is 0 Å². The van der Waals surface area contributed by atoms with Gasteiger partial charge < -0.3 is 15.0 Å². The molecule has 2 atom stereocenters. The van der Waals surface area contributed by atoms with Crippen LogP contribution in [0.4, 0.5) is 0 Å². The molecule has 0 aromatic heterocycles. The molecule has 8 heteroatoms. The minimum atomic E-state index is -0.367. The van der Waals surface area contributed by atoms with Gasteiger partial charge in [-0.05, 0) is 50.3 Å². The second-order valence-corrected chi connectivity index (χ2v) is 8.52. The fourth-order valence-electron chi connectivity index (χ4n) is 4.57. The van der Waals surface area contributed by atoms with E-state index in [0.717, 1.165) is 32.1 Å². The Hall–Kier alpha value is -2.74. The number of amides is 4. The molecule has 0 radical (unpaired) electrons. The van der Waals surface area contributed by atoms with E-state index in [4.69, 9.17) is 4.74 Å². The van der Waals surface area contributed by atoms with Crippen LogP contribution in [0.2, 0.25) is 0 Å². The third kappa shape index (κ3) is 4.49. The van der Waals surface area contributed by atoms with Gasteiger partial charge in [-0.25, -0.2) is 0 Å². The topological polar surface area (TPSA) is 96.0 Å². The summed E-state index contributed by atoms with van der Waals surface area (Å²) in [7, 11) is 0. The number of ether oxygens (including phenoxy) is 1. The van der Waals surface area contributed by atoms with Crippen molar-refractivity contribution in [2.24, 2.45) is 0 Å². The lowest BCUT2D eigenvalue weighted by Gasteiger charge is -2.33. The van der Waals surface area contributed by atoms with Crippen molar-refractivity contribution < 1.29 is 23.9 Å². The molecular weight excluding hydrogens is 398 g/mol. The molecule has 166 valence electrons. The van der Waals surface area contributed by atoms with Gasteiger partial charge in [-0.1, -0.05) is 6.92 Å². The quantitative estimate of drug-likeness (QED) is 0.701. The number of benzene rings is 1. The van der Waals surface area contributed by atoms with Crippen LogP contribution in [-0.4, -0.2) is 71.8 Å². The van der Waals surface area contributed by atoms with Crippen LogP contribution in [0.15, 0.2) is 18.2 Å². The van der Waals surface area contributed by atoms with Gasteiger partial charge in [-0.2, -0.15) is 0 Å². The van der Waals surface area contributed by atoms with Crippen molar-refractivity contribution in [1.82, 2.24) is 15.1 Å². The molecule has 1 aromatic rings. The Bertz CT molecular complexity index is 893. The highest BCUT2D eigenvalue weighted by atomic mass is 16.5. The van der Waals surface area contributed by atoms with E-state index in [1.165, 1.54) is 11.0 Å². The molecule has 2 saturated heterocycles. The molecule has 2 fully saturated rings. The molecule has 0 aliphatic carbocycles. The summed E-state index contributed by atoms with van der Waals surface area (Å²) in [5, 5.41) is 3.00. The second-order valence-electron chi connectivity index (χ2n) is 8.52. The van der Waals surface area contributed by atoms with E-state index in [1.54, 1.807) is 17.0 Å². The molecule has 4 rings (SSSR count). The van der Waals surface area contributed by atoms with E-state index in [9.17, 15) is 19.2 Å². The monoisotopic (exact) mass is 427 g/mol. The van der Waals surface area contributed by atoms with Gasteiger partial charge in [0.1, 0.15) is 0 Å². The first-order valence-electron chi connectivity index (χ1n) is 11.2. The number of imide groups is 1. The molecule has 3 aliphatic heterocycles. The summed E-state index contributed by atoms with van der Waals surface area (Å²) in [4.78, 5) is 53.5. The zero-order valence-corrected chi connectivity index (χ0v) is 17.9. The molecule has 31 heavy (non-hydrogen) atoms. The van der Waals surface area contributed by atoms with Gasteiger partial charge >= 0.3 is 0 Å². The number of fused-ring (bicyclic) bond motifs is 1. The lowest BCUT2D eigenvalue weighted by molar-refractivity contribution is -0.122. The number of carbonyl (C=O) groups is 4. The third-order valence-corrected chi connectivity index (χ3v) is 6.18.